The number of thiophene rings is 1. The molecule has 0 aliphatic carbocycles. The van der Waals surface area contributed by atoms with Crippen LogP contribution in [0.25, 0.3) is 15.5 Å². The van der Waals surface area contributed by atoms with Gasteiger partial charge in [0, 0.05) is 18.9 Å². The summed E-state index contributed by atoms with van der Waals surface area (Å²) in [5.41, 5.74) is 2.15. The van der Waals surface area contributed by atoms with Gasteiger partial charge in [0.15, 0.2) is 0 Å². The summed E-state index contributed by atoms with van der Waals surface area (Å²) in [7, 11) is 0. The van der Waals surface area contributed by atoms with E-state index in [0.29, 0.717) is 0 Å². The van der Waals surface area contributed by atoms with Gasteiger partial charge >= 0.3 is 0 Å². The van der Waals surface area contributed by atoms with Crippen LogP contribution >= 0.6 is 22.7 Å². The molecule has 4 heterocycles. The fourth-order valence-corrected chi connectivity index (χ4v) is 3.45. The number of fused-ring (bicyclic) bond motifs is 1. The molecular formula is C14H11N5S2. The molecule has 4 aromatic heterocycles. The van der Waals surface area contributed by atoms with E-state index in [-0.39, 0.29) is 0 Å². The average Bonchev–Trinajstić information content (AvgIpc) is 3.21. The smallest absolute Gasteiger partial charge is 0.214 e. The molecule has 4 aromatic rings. The number of pyridine rings is 1. The topological polar surface area (TPSA) is 55.1 Å². The number of aromatic nitrogens is 4. The summed E-state index contributed by atoms with van der Waals surface area (Å²) in [4.78, 5) is 10.7. The zero-order valence-electron chi connectivity index (χ0n) is 10.9. The van der Waals surface area contributed by atoms with E-state index in [2.05, 4.69) is 31.8 Å². The number of hydrogen-bond donors (Lipinski definition) is 1. The molecule has 104 valence electrons. The second-order valence-corrected chi connectivity index (χ2v) is 6.35. The monoisotopic (exact) mass is 313 g/mol. The van der Waals surface area contributed by atoms with Gasteiger partial charge in [-0.25, -0.2) is 9.50 Å². The van der Waals surface area contributed by atoms with Crippen molar-refractivity contribution in [1.29, 1.82) is 0 Å². The molecule has 0 aliphatic heterocycles. The van der Waals surface area contributed by atoms with Crippen LogP contribution in [0.4, 0.5) is 5.13 Å². The predicted octanol–water partition coefficient (Wildman–Crippen LogP) is 3.53. The van der Waals surface area contributed by atoms with Gasteiger partial charge < -0.3 is 5.32 Å². The van der Waals surface area contributed by atoms with Crippen LogP contribution in [0, 0.1) is 0 Å². The van der Waals surface area contributed by atoms with Crippen LogP contribution in [0.2, 0.25) is 0 Å². The van der Waals surface area contributed by atoms with Crippen LogP contribution in [-0.2, 0) is 6.54 Å². The molecule has 0 radical (unpaired) electrons. The van der Waals surface area contributed by atoms with Crippen molar-refractivity contribution in [3.8, 4) is 10.6 Å². The standard InChI is InChI=1S/C14H11N5S2/c1-2-12(20-7-1)11-9-19-14(17-11)21-13(18-19)16-8-10-3-5-15-6-4-10/h1-7,9H,8H2,(H,16,18). The van der Waals surface area contributed by atoms with Crippen molar-refractivity contribution in [2.45, 2.75) is 6.54 Å². The highest BCUT2D eigenvalue weighted by Gasteiger charge is 2.09. The lowest BCUT2D eigenvalue weighted by Crippen LogP contribution is -1.99. The Morgan fingerprint density at radius 1 is 1.19 bits per heavy atom. The highest BCUT2D eigenvalue weighted by molar-refractivity contribution is 7.20. The van der Waals surface area contributed by atoms with Crippen molar-refractivity contribution in [3.05, 3.63) is 53.8 Å². The summed E-state index contributed by atoms with van der Waals surface area (Å²) in [6, 6.07) is 8.07. The Hall–Kier alpha value is -2.25. The second kappa shape index (κ2) is 5.27. The summed E-state index contributed by atoms with van der Waals surface area (Å²) < 4.78 is 1.83. The number of nitrogens with zero attached hydrogens (tertiary/aromatic N) is 4. The first-order valence-corrected chi connectivity index (χ1v) is 8.11. The quantitative estimate of drug-likeness (QED) is 0.626. The van der Waals surface area contributed by atoms with Crippen LogP contribution in [0.3, 0.4) is 0 Å². The molecule has 0 bridgehead atoms. The third kappa shape index (κ3) is 2.53. The minimum atomic E-state index is 0.733. The van der Waals surface area contributed by atoms with E-state index in [1.165, 1.54) is 10.4 Å². The molecule has 21 heavy (non-hydrogen) atoms. The highest BCUT2D eigenvalue weighted by Crippen LogP contribution is 2.27. The Morgan fingerprint density at radius 2 is 2.10 bits per heavy atom. The lowest BCUT2D eigenvalue weighted by Gasteiger charge is -2.00. The molecule has 0 unspecified atom stereocenters. The Labute approximate surface area is 128 Å². The van der Waals surface area contributed by atoms with Crippen LogP contribution in [0.1, 0.15) is 5.56 Å². The Kier molecular flexibility index (Phi) is 3.13. The van der Waals surface area contributed by atoms with Crippen molar-refractivity contribution in [2.24, 2.45) is 0 Å². The van der Waals surface area contributed by atoms with Gasteiger partial charge in [-0.3, -0.25) is 4.98 Å². The van der Waals surface area contributed by atoms with Gasteiger partial charge in [-0.2, -0.15) is 0 Å². The molecule has 0 atom stereocenters. The number of rotatable bonds is 4. The third-order valence-electron chi connectivity index (χ3n) is 3.01. The minimum Gasteiger partial charge on any atom is -0.356 e. The van der Waals surface area contributed by atoms with E-state index in [0.717, 1.165) is 22.3 Å². The van der Waals surface area contributed by atoms with Gasteiger partial charge in [0.25, 0.3) is 0 Å². The average molecular weight is 313 g/mol. The number of nitrogens with one attached hydrogen (secondary N) is 1. The maximum atomic E-state index is 4.61. The zero-order valence-corrected chi connectivity index (χ0v) is 12.6. The molecule has 0 fully saturated rings. The lowest BCUT2D eigenvalue weighted by atomic mass is 10.3. The van der Waals surface area contributed by atoms with Gasteiger partial charge in [-0.15, -0.1) is 16.4 Å². The van der Waals surface area contributed by atoms with E-state index in [1.807, 2.05) is 28.9 Å². The molecule has 0 saturated heterocycles. The Balaban J connectivity index is 1.54. The first-order valence-electron chi connectivity index (χ1n) is 6.41. The maximum Gasteiger partial charge on any atom is 0.214 e. The summed E-state index contributed by atoms with van der Waals surface area (Å²) in [5, 5.41) is 10.7. The minimum absolute atomic E-state index is 0.733. The molecule has 0 amide bonds. The molecule has 4 rings (SSSR count). The lowest BCUT2D eigenvalue weighted by molar-refractivity contribution is 0.961. The van der Waals surface area contributed by atoms with Gasteiger partial charge in [0.05, 0.1) is 11.1 Å². The van der Waals surface area contributed by atoms with Gasteiger partial charge in [-0.05, 0) is 29.1 Å². The summed E-state index contributed by atoms with van der Waals surface area (Å²) in [6.45, 7) is 0.733. The highest BCUT2D eigenvalue weighted by atomic mass is 32.1. The summed E-state index contributed by atoms with van der Waals surface area (Å²) in [6.07, 6.45) is 5.55. The van der Waals surface area contributed by atoms with Gasteiger partial charge in [-0.1, -0.05) is 17.4 Å². The van der Waals surface area contributed by atoms with Crippen molar-refractivity contribution < 1.29 is 0 Å². The van der Waals surface area contributed by atoms with Crippen LogP contribution in [0.15, 0.2) is 48.2 Å². The third-order valence-corrected chi connectivity index (χ3v) is 4.78. The normalized spacial score (nSPS) is 11.0. The van der Waals surface area contributed by atoms with Crippen LogP contribution < -0.4 is 5.32 Å². The molecule has 5 nitrogen and oxygen atoms in total. The molecule has 0 aliphatic rings. The number of anilines is 1. The second-order valence-electron chi connectivity index (χ2n) is 4.45. The van der Waals surface area contributed by atoms with Crippen molar-refractivity contribution in [2.75, 3.05) is 5.32 Å². The largest absolute Gasteiger partial charge is 0.356 e. The van der Waals surface area contributed by atoms with Crippen molar-refractivity contribution >= 4 is 32.8 Å². The molecule has 0 aromatic carbocycles. The van der Waals surface area contributed by atoms with E-state index in [1.54, 1.807) is 35.1 Å². The van der Waals surface area contributed by atoms with E-state index >= 15 is 0 Å². The summed E-state index contributed by atoms with van der Waals surface area (Å²) >= 11 is 3.24. The van der Waals surface area contributed by atoms with Crippen molar-refractivity contribution in [1.82, 2.24) is 19.6 Å². The molecule has 0 spiro atoms. The van der Waals surface area contributed by atoms with Gasteiger partial charge in [0.1, 0.15) is 5.69 Å². The maximum absolute atomic E-state index is 4.61. The Bertz CT molecular complexity index is 817. The molecule has 7 heteroatoms. The van der Waals surface area contributed by atoms with E-state index in [9.17, 15) is 0 Å². The fraction of sp³-hybridized carbons (Fsp3) is 0.0714. The molecular weight excluding hydrogens is 302 g/mol. The predicted molar refractivity (Wildman–Crippen MR) is 85.7 cm³/mol. The number of imidazole rings is 1. The first kappa shape index (κ1) is 12.5. The first-order chi connectivity index (χ1) is 10.4. The van der Waals surface area contributed by atoms with Crippen LogP contribution in [0.5, 0.6) is 0 Å². The van der Waals surface area contributed by atoms with Crippen LogP contribution in [-0.4, -0.2) is 19.6 Å². The zero-order chi connectivity index (χ0) is 14.1. The molecule has 1 N–H and O–H groups in total. The van der Waals surface area contributed by atoms with Crippen molar-refractivity contribution in [3.63, 3.8) is 0 Å². The van der Waals surface area contributed by atoms with E-state index in [4.69, 9.17) is 0 Å². The summed E-state index contributed by atoms with van der Waals surface area (Å²) in [5.74, 6) is 0. The van der Waals surface area contributed by atoms with Gasteiger partial charge in [0.2, 0.25) is 10.1 Å². The SMILES string of the molecule is c1csc(-c2cn3nc(NCc4ccncc4)sc3n2)c1. The fourth-order valence-electron chi connectivity index (χ4n) is 1.99. The van der Waals surface area contributed by atoms with E-state index < -0.39 is 0 Å². The Morgan fingerprint density at radius 3 is 2.86 bits per heavy atom. The number of hydrogen-bond acceptors (Lipinski definition) is 6. The molecule has 0 saturated carbocycles.